The molecule has 12 heavy (non-hydrogen) atoms. The quantitative estimate of drug-likeness (QED) is 0.684. The fraction of sp³-hybridized carbons (Fsp3) is 1.00. The van der Waals surface area contributed by atoms with Crippen molar-refractivity contribution >= 4 is 0 Å². The van der Waals surface area contributed by atoms with Gasteiger partial charge in [0.15, 0.2) is 0 Å². The van der Waals surface area contributed by atoms with Gasteiger partial charge < -0.3 is 10.1 Å². The summed E-state index contributed by atoms with van der Waals surface area (Å²) < 4.78 is 5.85. The smallest absolute Gasteiger partial charge is 0.0706 e. The van der Waals surface area contributed by atoms with Crippen molar-refractivity contribution in [3.05, 3.63) is 0 Å². The van der Waals surface area contributed by atoms with Crippen molar-refractivity contribution in [1.29, 1.82) is 0 Å². The van der Waals surface area contributed by atoms with Crippen LogP contribution in [0.2, 0.25) is 0 Å². The highest BCUT2D eigenvalue weighted by molar-refractivity contribution is 4.79. The molecule has 0 spiro atoms. The lowest BCUT2D eigenvalue weighted by Gasteiger charge is -2.34. The average molecular weight is 171 g/mol. The van der Waals surface area contributed by atoms with Crippen LogP contribution in [0.5, 0.6) is 0 Å². The molecule has 2 nitrogen and oxygen atoms in total. The molecule has 0 bridgehead atoms. The maximum absolute atomic E-state index is 5.85. The first-order valence-corrected chi connectivity index (χ1v) is 4.98. The molecule has 1 heterocycles. The molecule has 3 unspecified atom stereocenters. The zero-order valence-electron chi connectivity index (χ0n) is 8.63. The van der Waals surface area contributed by atoms with Crippen LogP contribution in [0.25, 0.3) is 0 Å². The molecule has 72 valence electrons. The fourth-order valence-corrected chi connectivity index (χ4v) is 1.62. The van der Waals surface area contributed by atoms with Gasteiger partial charge in [0.1, 0.15) is 0 Å². The van der Waals surface area contributed by atoms with Crippen LogP contribution in [0.15, 0.2) is 0 Å². The average Bonchev–Trinajstić information content (AvgIpc) is 1.96. The highest BCUT2D eigenvalue weighted by Gasteiger charge is 2.24. The van der Waals surface area contributed by atoms with Gasteiger partial charge in [-0.25, -0.2) is 0 Å². The van der Waals surface area contributed by atoms with Crippen LogP contribution in [-0.2, 0) is 4.74 Å². The number of hydrogen-bond acceptors (Lipinski definition) is 2. The maximum atomic E-state index is 5.85. The molecule has 0 aromatic rings. The van der Waals surface area contributed by atoms with Crippen molar-refractivity contribution in [2.45, 2.75) is 52.4 Å². The van der Waals surface area contributed by atoms with Crippen molar-refractivity contribution < 1.29 is 4.74 Å². The highest BCUT2D eigenvalue weighted by Crippen LogP contribution is 2.15. The van der Waals surface area contributed by atoms with Gasteiger partial charge in [-0.15, -0.1) is 0 Å². The summed E-state index contributed by atoms with van der Waals surface area (Å²) in [5.74, 6) is 0.734. The van der Waals surface area contributed by atoms with E-state index in [0.29, 0.717) is 18.2 Å². The van der Waals surface area contributed by atoms with E-state index in [4.69, 9.17) is 4.74 Å². The predicted molar refractivity (Wildman–Crippen MR) is 51.3 cm³/mol. The number of rotatable bonds is 2. The number of ether oxygens (including phenoxy) is 1. The standard InChI is InChI=1S/C10H21NO/c1-7(2)5-10-6-11-8(3)9(4)12-10/h7-11H,5-6H2,1-4H3. The predicted octanol–water partition coefficient (Wildman–Crippen LogP) is 1.80. The van der Waals surface area contributed by atoms with Gasteiger partial charge in [0, 0.05) is 12.6 Å². The topological polar surface area (TPSA) is 21.3 Å². The van der Waals surface area contributed by atoms with E-state index in [1.165, 1.54) is 6.42 Å². The molecule has 0 radical (unpaired) electrons. The summed E-state index contributed by atoms with van der Waals surface area (Å²) in [7, 11) is 0. The Morgan fingerprint density at radius 2 is 2.08 bits per heavy atom. The number of nitrogens with one attached hydrogen (secondary N) is 1. The summed E-state index contributed by atoms with van der Waals surface area (Å²) >= 11 is 0. The van der Waals surface area contributed by atoms with Gasteiger partial charge in [0.25, 0.3) is 0 Å². The summed E-state index contributed by atoms with van der Waals surface area (Å²) in [5, 5.41) is 3.46. The molecule has 1 saturated heterocycles. The Hall–Kier alpha value is -0.0800. The summed E-state index contributed by atoms with van der Waals surface area (Å²) in [6.07, 6.45) is 1.96. The Bertz CT molecular complexity index is 136. The van der Waals surface area contributed by atoms with Gasteiger partial charge in [-0.3, -0.25) is 0 Å². The minimum absolute atomic E-state index is 0.363. The molecule has 0 aromatic heterocycles. The molecule has 0 amide bonds. The summed E-state index contributed by atoms with van der Waals surface area (Å²) in [6, 6.07) is 0.508. The van der Waals surface area contributed by atoms with Crippen molar-refractivity contribution in [2.24, 2.45) is 5.92 Å². The van der Waals surface area contributed by atoms with E-state index in [1.54, 1.807) is 0 Å². The molecular weight excluding hydrogens is 150 g/mol. The minimum Gasteiger partial charge on any atom is -0.372 e. The molecule has 0 aromatic carbocycles. The molecule has 3 atom stereocenters. The monoisotopic (exact) mass is 171 g/mol. The Balaban J connectivity index is 2.30. The second-order valence-electron chi connectivity index (χ2n) is 4.29. The van der Waals surface area contributed by atoms with E-state index in [0.717, 1.165) is 12.5 Å². The van der Waals surface area contributed by atoms with Gasteiger partial charge in [0.2, 0.25) is 0 Å². The first-order valence-electron chi connectivity index (χ1n) is 4.98. The van der Waals surface area contributed by atoms with Gasteiger partial charge in [-0.05, 0) is 26.2 Å². The first-order chi connectivity index (χ1) is 5.59. The van der Waals surface area contributed by atoms with E-state index in [-0.39, 0.29) is 0 Å². The normalized spacial score (nSPS) is 37.2. The van der Waals surface area contributed by atoms with E-state index in [9.17, 15) is 0 Å². The molecule has 0 aliphatic carbocycles. The van der Waals surface area contributed by atoms with E-state index < -0.39 is 0 Å². The second kappa shape index (κ2) is 4.24. The minimum atomic E-state index is 0.363. The summed E-state index contributed by atoms with van der Waals surface area (Å²) in [4.78, 5) is 0. The van der Waals surface area contributed by atoms with Gasteiger partial charge in [-0.2, -0.15) is 0 Å². The maximum Gasteiger partial charge on any atom is 0.0706 e. The van der Waals surface area contributed by atoms with Gasteiger partial charge in [-0.1, -0.05) is 13.8 Å². The van der Waals surface area contributed by atoms with Crippen LogP contribution in [0.4, 0.5) is 0 Å². The lowest BCUT2D eigenvalue weighted by Crippen LogP contribution is -2.50. The van der Waals surface area contributed by atoms with Crippen LogP contribution < -0.4 is 5.32 Å². The third kappa shape index (κ3) is 2.76. The van der Waals surface area contributed by atoms with Gasteiger partial charge >= 0.3 is 0 Å². The third-order valence-electron chi connectivity index (χ3n) is 2.51. The fourth-order valence-electron chi connectivity index (χ4n) is 1.62. The van der Waals surface area contributed by atoms with Crippen LogP contribution in [0.1, 0.15) is 34.1 Å². The largest absolute Gasteiger partial charge is 0.372 e. The summed E-state index contributed by atoms with van der Waals surface area (Å²) in [6.45, 7) is 9.82. The lowest BCUT2D eigenvalue weighted by atomic mass is 10.0. The van der Waals surface area contributed by atoms with E-state index >= 15 is 0 Å². The van der Waals surface area contributed by atoms with Crippen molar-refractivity contribution in [2.75, 3.05) is 6.54 Å². The lowest BCUT2D eigenvalue weighted by molar-refractivity contribution is -0.0569. The van der Waals surface area contributed by atoms with Gasteiger partial charge in [0.05, 0.1) is 12.2 Å². The Morgan fingerprint density at radius 3 is 2.58 bits per heavy atom. The zero-order chi connectivity index (χ0) is 9.14. The molecule has 2 heteroatoms. The molecular formula is C10H21NO. The molecule has 1 fully saturated rings. The molecule has 0 saturated carbocycles. The zero-order valence-corrected chi connectivity index (χ0v) is 8.63. The van der Waals surface area contributed by atoms with Crippen LogP contribution in [-0.4, -0.2) is 24.8 Å². The third-order valence-corrected chi connectivity index (χ3v) is 2.51. The highest BCUT2D eigenvalue weighted by atomic mass is 16.5. The molecule has 1 aliphatic heterocycles. The van der Waals surface area contributed by atoms with Crippen LogP contribution in [0.3, 0.4) is 0 Å². The van der Waals surface area contributed by atoms with E-state index in [1.807, 2.05) is 0 Å². The number of morpholine rings is 1. The molecule has 1 rings (SSSR count). The second-order valence-corrected chi connectivity index (χ2v) is 4.29. The van der Waals surface area contributed by atoms with Crippen molar-refractivity contribution in [3.63, 3.8) is 0 Å². The molecule has 1 aliphatic rings. The Morgan fingerprint density at radius 1 is 1.42 bits per heavy atom. The van der Waals surface area contributed by atoms with Crippen molar-refractivity contribution in [1.82, 2.24) is 5.32 Å². The van der Waals surface area contributed by atoms with Crippen LogP contribution in [0, 0.1) is 5.92 Å². The van der Waals surface area contributed by atoms with Crippen molar-refractivity contribution in [3.8, 4) is 0 Å². The molecule has 1 N–H and O–H groups in total. The Labute approximate surface area is 75.7 Å². The Kier molecular flexibility index (Phi) is 3.53. The van der Waals surface area contributed by atoms with Crippen LogP contribution >= 0.6 is 0 Å². The number of hydrogen-bond donors (Lipinski definition) is 1. The summed E-state index contributed by atoms with van der Waals surface area (Å²) in [5.41, 5.74) is 0. The first kappa shape index (κ1) is 10.0. The van der Waals surface area contributed by atoms with E-state index in [2.05, 4.69) is 33.0 Å². The SMILES string of the molecule is CC(C)CC1CNC(C)C(C)O1.